The molecule has 0 saturated heterocycles. The van der Waals surface area contributed by atoms with E-state index in [2.05, 4.69) is 30.8 Å². The van der Waals surface area contributed by atoms with E-state index in [9.17, 15) is 9.59 Å². The molecule has 0 amide bonds. The molecule has 0 atom stereocenters. The summed E-state index contributed by atoms with van der Waals surface area (Å²) in [4.78, 5) is 27.4. The van der Waals surface area contributed by atoms with Crippen molar-refractivity contribution < 1.29 is 14.3 Å². The Bertz CT molecular complexity index is 1320. The molecule has 40 heavy (non-hydrogen) atoms. The van der Waals surface area contributed by atoms with E-state index >= 15 is 0 Å². The van der Waals surface area contributed by atoms with Crippen LogP contribution in [0.15, 0.2) is 122 Å². The van der Waals surface area contributed by atoms with Gasteiger partial charge in [0.25, 0.3) is 0 Å². The van der Waals surface area contributed by atoms with Crippen molar-refractivity contribution in [2.45, 2.75) is 57.5 Å². The lowest BCUT2D eigenvalue weighted by Crippen LogP contribution is -2.18. The lowest BCUT2D eigenvalue weighted by atomic mass is 9.81. The number of ketones is 1. The molecule has 4 rings (SSSR count). The van der Waals surface area contributed by atoms with Crippen molar-refractivity contribution in [3.63, 3.8) is 0 Å². The molecule has 0 N–H and O–H groups in total. The van der Waals surface area contributed by atoms with Gasteiger partial charge in [0.2, 0.25) is 0 Å². The van der Waals surface area contributed by atoms with Crippen molar-refractivity contribution in [1.82, 2.24) is 0 Å². The van der Waals surface area contributed by atoms with Gasteiger partial charge in [-0.25, -0.2) is 4.79 Å². The zero-order valence-corrected chi connectivity index (χ0v) is 23.1. The SMILES string of the molecule is C=CCCCCCCCC(=O)c1cccc(C(c2ccccc2)c2ccccc2)c1C(=O)OCc1ccccc1. The molecule has 0 unspecified atom stereocenters. The first-order valence-electron chi connectivity index (χ1n) is 14.3. The number of hydrogen-bond donors (Lipinski definition) is 0. The van der Waals surface area contributed by atoms with Crippen LogP contribution >= 0.6 is 0 Å². The normalized spacial score (nSPS) is 10.8. The number of Topliss-reactive ketones (excluding diaryl/α,β-unsaturated/α-hetero) is 1. The van der Waals surface area contributed by atoms with Crippen LogP contribution in [0.3, 0.4) is 0 Å². The fraction of sp³-hybridized carbons (Fsp3) is 0.243. The van der Waals surface area contributed by atoms with Gasteiger partial charge < -0.3 is 4.74 Å². The first kappa shape index (κ1) is 28.8. The fourth-order valence-electron chi connectivity index (χ4n) is 5.15. The second-order valence-corrected chi connectivity index (χ2v) is 10.1. The largest absolute Gasteiger partial charge is 0.457 e. The molecule has 204 valence electrons. The number of carbonyl (C=O) groups excluding carboxylic acids is 2. The molecular formula is C37H38O3. The summed E-state index contributed by atoms with van der Waals surface area (Å²) >= 11 is 0. The van der Waals surface area contributed by atoms with Crippen LogP contribution in [0, 0.1) is 0 Å². The first-order chi connectivity index (χ1) is 19.7. The summed E-state index contributed by atoms with van der Waals surface area (Å²) in [5.74, 6) is -0.706. The zero-order chi connectivity index (χ0) is 28.0. The maximum atomic E-state index is 13.8. The van der Waals surface area contributed by atoms with E-state index < -0.39 is 5.97 Å². The molecular weight excluding hydrogens is 492 g/mol. The van der Waals surface area contributed by atoms with Crippen molar-refractivity contribution in [3.8, 4) is 0 Å². The van der Waals surface area contributed by atoms with Crippen molar-refractivity contribution in [2.75, 3.05) is 0 Å². The van der Waals surface area contributed by atoms with Crippen LogP contribution in [-0.4, -0.2) is 11.8 Å². The second kappa shape index (κ2) is 15.4. The predicted molar refractivity (Wildman–Crippen MR) is 163 cm³/mol. The average Bonchev–Trinajstić information content (AvgIpc) is 3.01. The molecule has 3 nitrogen and oxygen atoms in total. The number of esters is 1. The number of ether oxygens (including phenoxy) is 1. The highest BCUT2D eigenvalue weighted by atomic mass is 16.5. The minimum absolute atomic E-state index is 0.0144. The summed E-state index contributed by atoms with van der Waals surface area (Å²) in [5, 5.41) is 0. The van der Waals surface area contributed by atoms with E-state index in [4.69, 9.17) is 4.74 Å². The number of allylic oxidation sites excluding steroid dienone is 1. The molecule has 0 aliphatic heterocycles. The molecule has 4 aromatic carbocycles. The molecule has 0 aliphatic rings. The minimum Gasteiger partial charge on any atom is -0.457 e. The van der Waals surface area contributed by atoms with Gasteiger partial charge in [0.05, 0.1) is 5.56 Å². The van der Waals surface area contributed by atoms with Crippen LogP contribution in [-0.2, 0) is 11.3 Å². The van der Waals surface area contributed by atoms with Gasteiger partial charge in [0, 0.05) is 17.9 Å². The predicted octanol–water partition coefficient (Wildman–Crippen LogP) is 9.32. The van der Waals surface area contributed by atoms with Gasteiger partial charge in [-0.2, -0.15) is 0 Å². The second-order valence-electron chi connectivity index (χ2n) is 10.1. The van der Waals surface area contributed by atoms with Crippen LogP contribution < -0.4 is 0 Å². The monoisotopic (exact) mass is 530 g/mol. The molecule has 0 aliphatic carbocycles. The molecule has 0 heterocycles. The molecule has 4 aromatic rings. The van der Waals surface area contributed by atoms with E-state index in [1.807, 2.05) is 84.9 Å². The number of unbranched alkanes of at least 4 members (excludes halogenated alkanes) is 5. The molecule has 3 heteroatoms. The summed E-state index contributed by atoms with van der Waals surface area (Å²) in [6, 6.07) is 35.5. The van der Waals surface area contributed by atoms with E-state index in [0.29, 0.717) is 17.5 Å². The summed E-state index contributed by atoms with van der Waals surface area (Å²) < 4.78 is 5.85. The lowest BCUT2D eigenvalue weighted by molar-refractivity contribution is 0.0468. The average molecular weight is 531 g/mol. The molecule has 0 fully saturated rings. The van der Waals surface area contributed by atoms with Gasteiger partial charge in [-0.05, 0) is 41.5 Å². The van der Waals surface area contributed by atoms with E-state index in [1.54, 1.807) is 6.07 Å². The van der Waals surface area contributed by atoms with Crippen molar-refractivity contribution in [2.24, 2.45) is 0 Å². The quantitative estimate of drug-likeness (QED) is 0.0506. The van der Waals surface area contributed by atoms with Crippen LogP contribution in [0.1, 0.15) is 93.8 Å². The van der Waals surface area contributed by atoms with Crippen LogP contribution in [0.25, 0.3) is 0 Å². The third-order valence-corrected chi connectivity index (χ3v) is 7.20. The minimum atomic E-state index is -0.468. The Hall–Kier alpha value is -4.24. The molecule has 0 saturated carbocycles. The highest BCUT2D eigenvalue weighted by Crippen LogP contribution is 2.36. The summed E-state index contributed by atoms with van der Waals surface area (Å²) in [6.07, 6.45) is 8.56. The van der Waals surface area contributed by atoms with Gasteiger partial charge in [0.1, 0.15) is 6.61 Å². The molecule has 0 spiro atoms. The van der Waals surface area contributed by atoms with Crippen molar-refractivity contribution in [3.05, 3.63) is 155 Å². The number of hydrogen-bond acceptors (Lipinski definition) is 3. The Kier molecular flexibility index (Phi) is 11.1. The Morgan fingerprint density at radius 1 is 0.675 bits per heavy atom. The maximum absolute atomic E-state index is 13.8. The zero-order valence-electron chi connectivity index (χ0n) is 23.1. The standard InChI is InChI=1S/C37H38O3/c1-2-3-4-5-6-7-17-27-34(38)32-25-18-26-33(36(32)37(39)40-28-29-19-11-8-12-20-29)35(30-21-13-9-14-22-30)31-23-15-10-16-24-31/h2,8-16,18-26,35H,1,3-7,17,27-28H2. The highest BCUT2D eigenvalue weighted by molar-refractivity contribution is 6.07. The van der Waals surface area contributed by atoms with Crippen LogP contribution in [0.5, 0.6) is 0 Å². The van der Waals surface area contributed by atoms with Crippen LogP contribution in [0.4, 0.5) is 0 Å². The van der Waals surface area contributed by atoms with Gasteiger partial charge in [-0.3, -0.25) is 4.79 Å². The fourth-order valence-corrected chi connectivity index (χ4v) is 5.15. The number of benzene rings is 4. The number of rotatable bonds is 15. The van der Waals surface area contributed by atoms with Gasteiger partial charge in [-0.1, -0.05) is 135 Å². The third-order valence-electron chi connectivity index (χ3n) is 7.20. The molecule has 0 aromatic heterocycles. The Balaban J connectivity index is 1.67. The summed E-state index contributed by atoms with van der Waals surface area (Å²) in [5.41, 5.74) is 4.60. The first-order valence-corrected chi connectivity index (χ1v) is 14.3. The van der Waals surface area contributed by atoms with Gasteiger partial charge >= 0.3 is 5.97 Å². The van der Waals surface area contributed by atoms with E-state index in [-0.39, 0.29) is 18.3 Å². The summed E-state index contributed by atoms with van der Waals surface area (Å²) in [7, 11) is 0. The van der Waals surface area contributed by atoms with Crippen molar-refractivity contribution in [1.29, 1.82) is 0 Å². The lowest BCUT2D eigenvalue weighted by Gasteiger charge is -2.23. The third kappa shape index (κ3) is 7.89. The number of carbonyl (C=O) groups is 2. The highest BCUT2D eigenvalue weighted by Gasteiger charge is 2.28. The summed E-state index contributed by atoms with van der Waals surface area (Å²) in [6.45, 7) is 3.93. The molecule has 0 radical (unpaired) electrons. The van der Waals surface area contributed by atoms with Crippen molar-refractivity contribution >= 4 is 11.8 Å². The maximum Gasteiger partial charge on any atom is 0.339 e. The smallest absolute Gasteiger partial charge is 0.339 e. The van der Waals surface area contributed by atoms with E-state index in [1.165, 1.54) is 0 Å². The van der Waals surface area contributed by atoms with Gasteiger partial charge in [0.15, 0.2) is 5.78 Å². The molecule has 0 bridgehead atoms. The van der Waals surface area contributed by atoms with Crippen LogP contribution in [0.2, 0.25) is 0 Å². The van der Waals surface area contributed by atoms with E-state index in [0.717, 1.165) is 60.8 Å². The topological polar surface area (TPSA) is 43.4 Å². The Morgan fingerprint density at radius 3 is 1.88 bits per heavy atom. The Morgan fingerprint density at radius 2 is 1.25 bits per heavy atom. The van der Waals surface area contributed by atoms with Gasteiger partial charge in [-0.15, -0.1) is 6.58 Å². The Labute approximate surface area is 238 Å².